The fourth-order valence-corrected chi connectivity index (χ4v) is 2.71. The second kappa shape index (κ2) is 6.99. The monoisotopic (exact) mass is 439 g/mol. The minimum absolute atomic E-state index is 0.240. The smallest absolute Gasteiger partial charge is 0.416 e. The summed E-state index contributed by atoms with van der Waals surface area (Å²) >= 11 is 3.24. The minimum Gasteiger partial charge on any atom is -0.422 e. The van der Waals surface area contributed by atoms with Crippen LogP contribution in [0.1, 0.15) is 26.3 Å². The van der Waals surface area contributed by atoms with E-state index in [-0.39, 0.29) is 11.1 Å². The number of carbonyl (C=O) groups is 2. The van der Waals surface area contributed by atoms with Gasteiger partial charge in [-0.2, -0.15) is 13.2 Å². The van der Waals surface area contributed by atoms with Gasteiger partial charge in [-0.05, 0) is 42.5 Å². The number of benzene rings is 2. The first-order valence-electron chi connectivity index (χ1n) is 7.41. The Labute approximate surface area is 157 Å². The van der Waals surface area contributed by atoms with E-state index < -0.39 is 34.7 Å². The second-order valence-electron chi connectivity index (χ2n) is 5.49. The molecule has 1 aromatic heterocycles. The first-order valence-corrected chi connectivity index (χ1v) is 8.21. The van der Waals surface area contributed by atoms with Crippen molar-refractivity contribution in [2.24, 2.45) is 0 Å². The molecule has 0 radical (unpaired) electrons. The van der Waals surface area contributed by atoms with Gasteiger partial charge in [-0.15, -0.1) is 0 Å². The van der Waals surface area contributed by atoms with Gasteiger partial charge in [0.25, 0.3) is 11.8 Å². The lowest BCUT2D eigenvalue weighted by Gasteiger charge is -2.09. The molecular weight excluding hydrogens is 431 g/mol. The summed E-state index contributed by atoms with van der Waals surface area (Å²) in [4.78, 5) is 36.3. The molecule has 0 fully saturated rings. The summed E-state index contributed by atoms with van der Waals surface area (Å²) in [6, 6.07) is 9.59. The van der Waals surface area contributed by atoms with Crippen LogP contribution in [0, 0.1) is 0 Å². The highest BCUT2D eigenvalue weighted by Crippen LogP contribution is 2.29. The van der Waals surface area contributed by atoms with Gasteiger partial charge in [-0.25, -0.2) is 4.79 Å². The van der Waals surface area contributed by atoms with E-state index >= 15 is 0 Å². The molecule has 0 saturated carbocycles. The van der Waals surface area contributed by atoms with E-state index in [4.69, 9.17) is 4.42 Å². The quantitative estimate of drug-likeness (QED) is 0.480. The average molecular weight is 440 g/mol. The molecule has 0 aliphatic rings. The Balaban J connectivity index is 1.89. The Morgan fingerprint density at radius 3 is 2.44 bits per heavy atom. The lowest BCUT2D eigenvalue weighted by molar-refractivity contribution is -0.137. The summed E-state index contributed by atoms with van der Waals surface area (Å²) in [5, 5.41) is 2.33. The van der Waals surface area contributed by atoms with Gasteiger partial charge >= 0.3 is 11.8 Å². The summed E-state index contributed by atoms with van der Waals surface area (Å²) < 4.78 is 43.9. The number of halogens is 4. The number of hydrogen-bond donors (Lipinski definition) is 1. The Hall–Kier alpha value is -2.94. The molecule has 27 heavy (non-hydrogen) atoms. The van der Waals surface area contributed by atoms with Crippen molar-refractivity contribution in [2.45, 2.75) is 6.18 Å². The van der Waals surface area contributed by atoms with E-state index in [1.165, 1.54) is 12.1 Å². The number of carbonyl (C=O) groups excluding carboxylic acids is 2. The molecule has 0 aliphatic carbocycles. The van der Waals surface area contributed by atoms with E-state index in [2.05, 4.69) is 15.9 Å². The van der Waals surface area contributed by atoms with Gasteiger partial charge < -0.3 is 4.42 Å². The van der Waals surface area contributed by atoms with E-state index in [0.29, 0.717) is 15.9 Å². The zero-order chi connectivity index (χ0) is 19.8. The first kappa shape index (κ1) is 18.8. The normalized spacial score (nSPS) is 11.4. The first-order chi connectivity index (χ1) is 12.6. The maximum Gasteiger partial charge on any atom is 0.416 e. The van der Waals surface area contributed by atoms with Crippen molar-refractivity contribution in [3.63, 3.8) is 0 Å². The fraction of sp³-hybridized carbons (Fsp3) is 0.0556. The molecule has 2 aromatic carbocycles. The molecule has 0 atom stereocenters. The molecule has 0 bridgehead atoms. The molecule has 5 nitrogen and oxygen atoms in total. The van der Waals surface area contributed by atoms with Crippen molar-refractivity contribution in [2.75, 3.05) is 0 Å². The molecule has 0 unspecified atom stereocenters. The molecule has 9 heteroatoms. The number of fused-ring (bicyclic) bond motifs is 1. The molecule has 0 spiro atoms. The summed E-state index contributed by atoms with van der Waals surface area (Å²) in [7, 11) is 0. The predicted octanol–water partition coefficient (Wildman–Crippen LogP) is 4.14. The maximum atomic E-state index is 12.7. The van der Waals surface area contributed by atoms with Crippen molar-refractivity contribution >= 4 is 38.7 Å². The number of rotatable bonds is 2. The van der Waals surface area contributed by atoms with Crippen LogP contribution in [-0.4, -0.2) is 11.8 Å². The summed E-state index contributed by atoms with van der Waals surface area (Å²) in [5.41, 5.74) is -2.58. The molecule has 1 heterocycles. The largest absolute Gasteiger partial charge is 0.422 e. The van der Waals surface area contributed by atoms with Crippen LogP contribution in [0.25, 0.3) is 11.0 Å². The van der Waals surface area contributed by atoms with Crippen LogP contribution in [0.2, 0.25) is 0 Å². The fourth-order valence-electron chi connectivity index (χ4n) is 2.33. The van der Waals surface area contributed by atoms with Crippen LogP contribution in [0.3, 0.4) is 0 Å². The Kier molecular flexibility index (Phi) is 4.88. The highest BCUT2D eigenvalue weighted by molar-refractivity contribution is 9.10. The molecule has 138 valence electrons. The van der Waals surface area contributed by atoms with Crippen LogP contribution < -0.4 is 10.9 Å². The maximum absolute atomic E-state index is 12.7. The zero-order valence-corrected chi connectivity index (χ0v) is 14.8. The topological polar surface area (TPSA) is 76.4 Å². The van der Waals surface area contributed by atoms with E-state index in [1.807, 2.05) is 5.32 Å². The molecule has 2 amide bonds. The van der Waals surface area contributed by atoms with E-state index in [1.54, 1.807) is 12.1 Å². The number of imide groups is 1. The predicted molar refractivity (Wildman–Crippen MR) is 93.4 cm³/mol. The highest BCUT2D eigenvalue weighted by atomic mass is 79.9. The van der Waals surface area contributed by atoms with Gasteiger partial charge in [0.05, 0.1) is 5.56 Å². The van der Waals surface area contributed by atoms with Crippen LogP contribution in [-0.2, 0) is 6.18 Å². The molecular formula is C18H9BrF3NO4. The standard InChI is InChI=1S/C18H9BrF3NO4/c19-12-4-5-14-10(7-12)8-13(17(26)27-14)16(25)23-15(24)9-2-1-3-11(6-9)18(20,21)22/h1-8H,(H,23,24,25). The number of alkyl halides is 3. The number of hydrogen-bond acceptors (Lipinski definition) is 4. The molecule has 3 rings (SSSR count). The van der Waals surface area contributed by atoms with Crippen molar-refractivity contribution in [1.82, 2.24) is 5.32 Å². The van der Waals surface area contributed by atoms with Crippen molar-refractivity contribution in [1.29, 1.82) is 0 Å². The van der Waals surface area contributed by atoms with Crippen LogP contribution in [0.4, 0.5) is 13.2 Å². The molecule has 3 aromatic rings. The van der Waals surface area contributed by atoms with E-state index in [9.17, 15) is 27.6 Å². The SMILES string of the molecule is O=C(NC(=O)c1cc2cc(Br)ccc2oc1=O)c1cccc(C(F)(F)F)c1. The minimum atomic E-state index is -4.63. The van der Waals surface area contributed by atoms with E-state index in [0.717, 1.165) is 18.2 Å². The molecule has 0 saturated heterocycles. The van der Waals surface area contributed by atoms with Gasteiger partial charge in [0.1, 0.15) is 11.1 Å². The number of nitrogens with one attached hydrogen (secondary N) is 1. The lowest BCUT2D eigenvalue weighted by atomic mass is 10.1. The summed E-state index contributed by atoms with van der Waals surface area (Å²) in [5.74, 6) is -2.15. The average Bonchev–Trinajstić information content (AvgIpc) is 2.60. The third kappa shape index (κ3) is 4.08. The highest BCUT2D eigenvalue weighted by Gasteiger charge is 2.31. The summed E-state index contributed by atoms with van der Waals surface area (Å²) in [6.07, 6.45) is -4.63. The number of amides is 2. The lowest BCUT2D eigenvalue weighted by Crippen LogP contribution is -2.33. The Bertz CT molecular complexity index is 1120. The third-order valence-electron chi connectivity index (χ3n) is 3.62. The third-order valence-corrected chi connectivity index (χ3v) is 4.11. The molecule has 0 aliphatic heterocycles. The second-order valence-corrected chi connectivity index (χ2v) is 6.41. The van der Waals surface area contributed by atoms with Gasteiger partial charge in [0.15, 0.2) is 0 Å². The van der Waals surface area contributed by atoms with Gasteiger partial charge in [-0.3, -0.25) is 14.9 Å². The van der Waals surface area contributed by atoms with Crippen molar-refractivity contribution < 1.29 is 27.2 Å². The van der Waals surface area contributed by atoms with Gasteiger partial charge in [-0.1, -0.05) is 22.0 Å². The van der Waals surface area contributed by atoms with Crippen LogP contribution in [0.15, 0.2) is 62.2 Å². The van der Waals surface area contributed by atoms with Crippen molar-refractivity contribution in [3.8, 4) is 0 Å². The Morgan fingerprint density at radius 1 is 1.00 bits per heavy atom. The molecule has 1 N–H and O–H groups in total. The van der Waals surface area contributed by atoms with Gasteiger partial charge in [0.2, 0.25) is 0 Å². The van der Waals surface area contributed by atoms with Crippen molar-refractivity contribution in [3.05, 3.63) is 80.1 Å². The Morgan fingerprint density at radius 2 is 1.74 bits per heavy atom. The zero-order valence-electron chi connectivity index (χ0n) is 13.3. The van der Waals surface area contributed by atoms with Crippen LogP contribution in [0.5, 0.6) is 0 Å². The summed E-state index contributed by atoms with van der Waals surface area (Å²) in [6.45, 7) is 0. The van der Waals surface area contributed by atoms with Crippen LogP contribution >= 0.6 is 15.9 Å². The van der Waals surface area contributed by atoms with Gasteiger partial charge in [0, 0.05) is 15.4 Å².